The van der Waals surface area contributed by atoms with Crippen LogP contribution in [0.3, 0.4) is 0 Å². The summed E-state index contributed by atoms with van der Waals surface area (Å²) in [7, 11) is 0. The summed E-state index contributed by atoms with van der Waals surface area (Å²) in [6.07, 6.45) is 0. The molecule has 0 unspecified atom stereocenters. The van der Waals surface area contributed by atoms with Crippen LogP contribution in [0.1, 0.15) is 8.30 Å². The van der Waals surface area contributed by atoms with E-state index in [0.29, 0.717) is 28.8 Å². The first-order valence-electron chi connectivity index (χ1n) is 17.9. The maximum Gasteiger partial charge on any atom is 0.167 e. The fourth-order valence-corrected chi connectivity index (χ4v) is 6.95. The highest BCUT2D eigenvalue weighted by Gasteiger charge is 2.22. The molecule has 0 saturated carbocycles. The second-order valence-corrected chi connectivity index (χ2v) is 12.5. The number of ether oxygens (including phenoxy) is 1. The first-order chi connectivity index (χ1) is 26.0. The lowest BCUT2D eigenvalue weighted by Gasteiger charge is -2.23. The van der Waals surface area contributed by atoms with Crippen molar-refractivity contribution in [3.63, 3.8) is 0 Å². The quantitative estimate of drug-likeness (QED) is 0.184. The van der Waals surface area contributed by atoms with Crippen molar-refractivity contribution >= 4 is 21.9 Å². The zero-order valence-electron chi connectivity index (χ0n) is 29.2. The maximum atomic E-state index is 8.54. The van der Waals surface area contributed by atoms with Crippen LogP contribution in [0.25, 0.3) is 89.5 Å². The van der Waals surface area contributed by atoms with Crippen LogP contribution in [0.15, 0.2) is 168 Å². The second-order valence-electron chi connectivity index (χ2n) is 12.5. The SMILES string of the molecule is [2H]C1([2H])Oc2cccc(-c3ccc(-c4nc(-c5ccc(-c6ccccc6)cc5)nc(-c5cccc6c5oc5ccccc56)n4)cc3)c2-c2ccccc21. The summed E-state index contributed by atoms with van der Waals surface area (Å²) < 4.78 is 29.4. The fraction of sp³-hybridized carbons (Fsp3) is 0.0217. The molecule has 0 radical (unpaired) electrons. The van der Waals surface area contributed by atoms with E-state index in [1.165, 1.54) is 0 Å². The van der Waals surface area contributed by atoms with Gasteiger partial charge in [-0.2, -0.15) is 0 Å². The van der Waals surface area contributed by atoms with Gasteiger partial charge in [0.25, 0.3) is 0 Å². The molecule has 5 heteroatoms. The Hall–Kier alpha value is -6.85. The number of para-hydroxylation sites is 2. The van der Waals surface area contributed by atoms with Gasteiger partial charge in [-0.3, -0.25) is 0 Å². The molecule has 1 aliphatic rings. The van der Waals surface area contributed by atoms with Gasteiger partial charge in [-0.15, -0.1) is 0 Å². The van der Waals surface area contributed by atoms with Crippen molar-refractivity contribution in [2.45, 2.75) is 6.56 Å². The molecule has 9 aromatic rings. The van der Waals surface area contributed by atoms with Gasteiger partial charge in [0.1, 0.15) is 23.5 Å². The molecular weight excluding hydrogens is 627 g/mol. The van der Waals surface area contributed by atoms with Gasteiger partial charge < -0.3 is 9.15 Å². The van der Waals surface area contributed by atoms with Gasteiger partial charge in [-0.25, -0.2) is 15.0 Å². The molecule has 5 nitrogen and oxygen atoms in total. The molecule has 0 bridgehead atoms. The molecule has 240 valence electrons. The minimum Gasteiger partial charge on any atom is -0.488 e. The van der Waals surface area contributed by atoms with E-state index in [1.807, 2.05) is 97.1 Å². The Labute approximate surface area is 297 Å². The van der Waals surface area contributed by atoms with E-state index in [9.17, 15) is 0 Å². The normalized spacial score (nSPS) is 13.6. The summed E-state index contributed by atoms with van der Waals surface area (Å²) >= 11 is 0. The first-order valence-corrected chi connectivity index (χ1v) is 16.9. The number of nitrogens with zero attached hydrogens (tertiary/aromatic N) is 3. The topological polar surface area (TPSA) is 61.0 Å². The third-order valence-electron chi connectivity index (χ3n) is 9.48. The summed E-state index contributed by atoms with van der Waals surface area (Å²) in [5.41, 5.74) is 10.4. The number of benzene rings is 7. The van der Waals surface area contributed by atoms with Gasteiger partial charge in [-0.1, -0.05) is 146 Å². The van der Waals surface area contributed by atoms with Gasteiger partial charge in [0.05, 0.1) is 8.30 Å². The third kappa shape index (κ3) is 5.06. The van der Waals surface area contributed by atoms with Gasteiger partial charge in [0.15, 0.2) is 17.5 Å². The van der Waals surface area contributed by atoms with Crippen LogP contribution in [0.5, 0.6) is 5.75 Å². The number of rotatable bonds is 5. The first kappa shape index (κ1) is 27.0. The highest BCUT2D eigenvalue weighted by atomic mass is 16.5. The predicted molar refractivity (Wildman–Crippen MR) is 204 cm³/mol. The van der Waals surface area contributed by atoms with E-state index < -0.39 is 6.56 Å². The largest absolute Gasteiger partial charge is 0.488 e. The summed E-state index contributed by atoms with van der Waals surface area (Å²) in [5, 5.41) is 2.04. The minimum absolute atomic E-state index is 0.512. The number of furan rings is 1. The Bertz CT molecular complexity index is 2830. The van der Waals surface area contributed by atoms with E-state index in [-0.39, 0.29) is 0 Å². The summed E-state index contributed by atoms with van der Waals surface area (Å²) in [4.78, 5) is 15.1. The van der Waals surface area contributed by atoms with Gasteiger partial charge >= 0.3 is 0 Å². The Morgan fingerprint density at radius 1 is 0.431 bits per heavy atom. The van der Waals surface area contributed by atoms with E-state index in [0.717, 1.165) is 72.0 Å². The maximum absolute atomic E-state index is 8.54. The van der Waals surface area contributed by atoms with Crippen molar-refractivity contribution in [1.29, 1.82) is 0 Å². The third-order valence-corrected chi connectivity index (χ3v) is 9.48. The molecule has 0 amide bonds. The van der Waals surface area contributed by atoms with Crippen molar-refractivity contribution in [2.75, 3.05) is 0 Å². The number of aromatic nitrogens is 3. The molecule has 2 aromatic heterocycles. The highest BCUT2D eigenvalue weighted by Crippen LogP contribution is 2.44. The van der Waals surface area contributed by atoms with Crippen molar-refractivity contribution in [2.24, 2.45) is 0 Å². The summed E-state index contributed by atoms with van der Waals surface area (Å²) in [6, 6.07) is 54.1. The summed E-state index contributed by atoms with van der Waals surface area (Å²) in [6.45, 7) is -1.92. The molecular formula is C46H29N3O2. The van der Waals surface area contributed by atoms with Crippen LogP contribution < -0.4 is 4.74 Å². The average molecular weight is 658 g/mol. The molecule has 0 spiro atoms. The van der Waals surface area contributed by atoms with Crippen molar-refractivity contribution in [3.05, 3.63) is 169 Å². The number of fused-ring (bicyclic) bond motifs is 6. The fourth-order valence-electron chi connectivity index (χ4n) is 6.95. The van der Waals surface area contributed by atoms with Gasteiger partial charge in [0, 0.05) is 27.5 Å². The Morgan fingerprint density at radius 3 is 1.80 bits per heavy atom. The Balaban J connectivity index is 1.10. The van der Waals surface area contributed by atoms with E-state index >= 15 is 0 Å². The lowest BCUT2D eigenvalue weighted by Crippen LogP contribution is -2.06. The lowest BCUT2D eigenvalue weighted by atomic mass is 9.89. The molecule has 51 heavy (non-hydrogen) atoms. The zero-order chi connectivity index (χ0) is 35.5. The van der Waals surface area contributed by atoms with E-state index in [4.69, 9.17) is 26.8 Å². The Morgan fingerprint density at radius 2 is 1.00 bits per heavy atom. The molecule has 0 atom stereocenters. The second kappa shape index (κ2) is 11.9. The zero-order valence-corrected chi connectivity index (χ0v) is 27.2. The molecule has 7 aromatic carbocycles. The predicted octanol–water partition coefficient (Wildman–Crippen LogP) is 11.7. The molecule has 10 rings (SSSR count). The van der Waals surface area contributed by atoms with Crippen LogP contribution in [-0.2, 0) is 6.56 Å². The molecule has 1 aliphatic heterocycles. The van der Waals surface area contributed by atoms with Crippen LogP contribution >= 0.6 is 0 Å². The number of hydrogen-bond donors (Lipinski definition) is 0. The van der Waals surface area contributed by atoms with Crippen molar-refractivity contribution < 1.29 is 11.9 Å². The van der Waals surface area contributed by atoms with Crippen LogP contribution in [0.4, 0.5) is 0 Å². The minimum atomic E-state index is -1.92. The molecule has 0 aliphatic carbocycles. The van der Waals surface area contributed by atoms with Crippen LogP contribution in [-0.4, -0.2) is 15.0 Å². The number of hydrogen-bond acceptors (Lipinski definition) is 5. The van der Waals surface area contributed by atoms with E-state index in [2.05, 4.69) is 60.7 Å². The summed E-state index contributed by atoms with van der Waals surface area (Å²) in [5.74, 6) is 2.13. The Kier molecular flexibility index (Phi) is 6.32. The van der Waals surface area contributed by atoms with Crippen molar-refractivity contribution in [1.82, 2.24) is 15.0 Å². The smallest absolute Gasteiger partial charge is 0.167 e. The standard InChI is InChI=1S/C46H29N3O2/c1-2-10-29(11-3-1)30-20-24-32(25-21-30)44-47-45(49-46(48-44)39-17-8-16-38-37-14-6-7-18-40(37)51-43(38)39)33-26-22-31(23-27-33)35-15-9-19-41-42(35)36-13-5-4-12-34(36)28-50-41/h1-27H,28H2/i28D2. The average Bonchev–Trinajstić information content (AvgIpc) is 3.60. The van der Waals surface area contributed by atoms with Crippen LogP contribution in [0, 0.1) is 0 Å². The highest BCUT2D eigenvalue weighted by molar-refractivity contribution is 6.09. The molecule has 0 saturated heterocycles. The van der Waals surface area contributed by atoms with Crippen LogP contribution in [0.2, 0.25) is 0 Å². The van der Waals surface area contributed by atoms with Crippen molar-refractivity contribution in [3.8, 4) is 73.3 Å². The monoisotopic (exact) mass is 657 g/mol. The lowest BCUT2D eigenvalue weighted by molar-refractivity contribution is 0.302. The molecule has 0 N–H and O–H groups in total. The molecule has 0 fully saturated rings. The van der Waals surface area contributed by atoms with E-state index in [1.54, 1.807) is 6.07 Å². The van der Waals surface area contributed by atoms with Gasteiger partial charge in [-0.05, 0) is 51.6 Å². The van der Waals surface area contributed by atoms with Gasteiger partial charge in [0.2, 0.25) is 0 Å². The molecule has 3 heterocycles.